The fraction of sp³-hybridized carbons (Fsp3) is 0.0667. The van der Waals surface area contributed by atoms with Gasteiger partial charge in [0.1, 0.15) is 5.69 Å². The van der Waals surface area contributed by atoms with Gasteiger partial charge in [-0.3, -0.25) is 15.0 Å². The van der Waals surface area contributed by atoms with E-state index < -0.39 is 0 Å². The number of nitrogens with zero attached hydrogens (tertiary/aromatic N) is 4. The molecule has 0 amide bonds. The lowest BCUT2D eigenvalue weighted by Crippen LogP contribution is -1.98. The van der Waals surface area contributed by atoms with Gasteiger partial charge in [-0.1, -0.05) is 158 Å². The third kappa shape index (κ3) is 8.48. The van der Waals surface area contributed by atoms with Crippen LogP contribution in [0, 0.1) is 0 Å². The average Bonchev–Trinajstić information content (AvgIpc) is 3.77. The molecule has 0 fully saturated rings. The summed E-state index contributed by atoms with van der Waals surface area (Å²) in [6, 6.07) is 70.9. The average molecular weight is 837 g/mol. The molecule has 0 bridgehead atoms. The smallest absolute Gasteiger partial charge is 0.227 e. The summed E-state index contributed by atoms with van der Waals surface area (Å²) >= 11 is 0. The highest BCUT2D eigenvalue weighted by Gasteiger charge is 2.17. The van der Waals surface area contributed by atoms with Gasteiger partial charge in [-0.2, -0.15) is 0 Å². The molecule has 0 saturated carbocycles. The Kier molecular flexibility index (Phi) is 10.9. The van der Waals surface area contributed by atoms with Gasteiger partial charge in [-0.25, -0.2) is 4.98 Å². The van der Waals surface area contributed by atoms with E-state index >= 15 is 0 Å². The second-order valence-electron chi connectivity index (χ2n) is 16.5. The van der Waals surface area contributed by atoms with Crippen LogP contribution in [0.5, 0.6) is 0 Å². The highest BCUT2D eigenvalue weighted by molar-refractivity contribution is 6.08. The maximum Gasteiger partial charge on any atom is 0.227 e. The van der Waals surface area contributed by atoms with E-state index in [0.717, 1.165) is 92.6 Å². The number of hydrogen-bond donors (Lipinski definition) is 0. The van der Waals surface area contributed by atoms with Crippen molar-refractivity contribution < 1.29 is 4.42 Å². The summed E-state index contributed by atoms with van der Waals surface area (Å²) in [5.74, 6) is 0. The normalized spacial score (nSPS) is 11.3. The van der Waals surface area contributed by atoms with Crippen LogP contribution in [0.1, 0.15) is 22.3 Å². The van der Waals surface area contributed by atoms with Gasteiger partial charge in [-0.15, -0.1) is 0 Å². The molecule has 0 N–H and O–H groups in total. The molecule has 0 unspecified atom stereocenters. The third-order valence-corrected chi connectivity index (χ3v) is 12.3. The van der Waals surface area contributed by atoms with E-state index in [4.69, 9.17) is 14.4 Å². The third-order valence-electron chi connectivity index (χ3n) is 12.3. The van der Waals surface area contributed by atoms with Crippen LogP contribution in [-0.2, 0) is 25.7 Å². The van der Waals surface area contributed by atoms with Crippen LogP contribution in [-0.4, -0.2) is 19.9 Å². The van der Waals surface area contributed by atoms with Crippen molar-refractivity contribution in [3.05, 3.63) is 241 Å². The molecule has 0 spiro atoms. The van der Waals surface area contributed by atoms with Crippen LogP contribution in [0.4, 0.5) is 0 Å². The number of aryl methyl sites for hydroxylation is 4. The van der Waals surface area contributed by atoms with Crippen LogP contribution >= 0.6 is 0 Å². The molecule has 5 nitrogen and oxygen atoms in total. The zero-order valence-corrected chi connectivity index (χ0v) is 35.8. The first-order chi connectivity index (χ1) is 32.2. The Morgan fingerprint density at radius 1 is 0.323 bits per heavy atom. The molecule has 11 rings (SSSR count). The van der Waals surface area contributed by atoms with Crippen LogP contribution < -0.4 is 0 Å². The minimum Gasteiger partial charge on any atom is -0.435 e. The number of pyridine rings is 4. The predicted molar refractivity (Wildman–Crippen MR) is 265 cm³/mol. The Hall–Kier alpha value is -8.28. The Morgan fingerprint density at radius 2 is 0.846 bits per heavy atom. The molecule has 310 valence electrons. The number of aromatic nitrogens is 4. The van der Waals surface area contributed by atoms with Crippen molar-refractivity contribution >= 4 is 22.1 Å². The van der Waals surface area contributed by atoms with Gasteiger partial charge in [-0.05, 0) is 113 Å². The van der Waals surface area contributed by atoms with E-state index in [0.29, 0.717) is 5.71 Å². The van der Waals surface area contributed by atoms with Crippen LogP contribution in [0.25, 0.3) is 89.4 Å². The molecule has 5 heterocycles. The zero-order chi connectivity index (χ0) is 43.4. The minimum absolute atomic E-state index is 0.611. The molecule has 0 aliphatic rings. The summed E-state index contributed by atoms with van der Waals surface area (Å²) in [7, 11) is 0. The highest BCUT2D eigenvalue weighted by Crippen LogP contribution is 2.38. The van der Waals surface area contributed by atoms with Gasteiger partial charge in [0.2, 0.25) is 5.71 Å². The summed E-state index contributed by atoms with van der Waals surface area (Å²) < 4.78 is 6.48. The molecule has 0 saturated heterocycles. The molecule has 65 heavy (non-hydrogen) atoms. The number of fused-ring (bicyclic) bond motifs is 3. The SMILES string of the molecule is c1ccc(-c2ccc3c(n2)oc2c(-c4ccc(-c5ccccc5-c5cc(CCc6ccc(-c7ccccn7)cc6)cc(CCc6ccc(-c7ccccn7)cc6)c5)cc4)nccc23)cc1. The number of hydrogen-bond acceptors (Lipinski definition) is 5. The molecule has 0 radical (unpaired) electrons. The topological polar surface area (TPSA) is 64.7 Å². The first-order valence-electron chi connectivity index (χ1n) is 22.3. The van der Waals surface area contributed by atoms with E-state index in [2.05, 4.69) is 162 Å². The van der Waals surface area contributed by atoms with E-state index in [9.17, 15) is 0 Å². The van der Waals surface area contributed by atoms with Crippen molar-refractivity contribution in [1.29, 1.82) is 0 Å². The standard InChI is InChI=1S/C60H44N4O/c1-2-10-46(11-3-1)57-33-32-54-53-34-37-63-58(59(53)65-60(54)64-57)49-30-28-45(29-31-49)51-12-4-5-13-52(51)50-39-43(18-16-41-20-24-47(25-21-41)55-14-6-8-35-61-55)38-44(40-50)19-17-42-22-26-48(27-23-42)56-15-7-9-36-62-56/h1-15,20-40H,16-19H2. The van der Waals surface area contributed by atoms with Crippen LogP contribution in [0.15, 0.2) is 223 Å². The molecule has 5 heteroatoms. The lowest BCUT2D eigenvalue weighted by atomic mass is 9.90. The van der Waals surface area contributed by atoms with Gasteiger partial charge in [0, 0.05) is 51.6 Å². The Balaban J connectivity index is 0.891. The lowest BCUT2D eigenvalue weighted by Gasteiger charge is -2.15. The Bertz CT molecular complexity index is 3280. The predicted octanol–water partition coefficient (Wildman–Crippen LogP) is 14.7. The van der Waals surface area contributed by atoms with Gasteiger partial charge >= 0.3 is 0 Å². The first kappa shape index (κ1) is 39.6. The zero-order valence-electron chi connectivity index (χ0n) is 35.8. The number of benzene rings is 6. The summed E-state index contributed by atoms with van der Waals surface area (Å²) in [6.07, 6.45) is 9.31. The summed E-state index contributed by atoms with van der Waals surface area (Å²) in [4.78, 5) is 18.8. The number of furan rings is 1. The van der Waals surface area contributed by atoms with E-state index in [1.807, 2.05) is 67.1 Å². The largest absolute Gasteiger partial charge is 0.435 e. The fourth-order valence-electron chi connectivity index (χ4n) is 8.89. The van der Waals surface area contributed by atoms with Gasteiger partial charge in [0.25, 0.3) is 0 Å². The van der Waals surface area contributed by atoms with Crippen molar-refractivity contribution in [3.63, 3.8) is 0 Å². The van der Waals surface area contributed by atoms with Gasteiger partial charge in [0.15, 0.2) is 5.58 Å². The molecule has 11 aromatic rings. The maximum atomic E-state index is 6.48. The van der Waals surface area contributed by atoms with E-state index in [-0.39, 0.29) is 0 Å². The molecule has 6 aromatic carbocycles. The van der Waals surface area contributed by atoms with Crippen molar-refractivity contribution in [2.45, 2.75) is 25.7 Å². The Morgan fingerprint density at radius 3 is 1.45 bits per heavy atom. The highest BCUT2D eigenvalue weighted by atomic mass is 16.3. The van der Waals surface area contributed by atoms with Crippen molar-refractivity contribution in [1.82, 2.24) is 19.9 Å². The Labute approximate surface area is 378 Å². The lowest BCUT2D eigenvalue weighted by molar-refractivity contribution is 0.654. The molecule has 0 aliphatic carbocycles. The quantitative estimate of drug-likeness (QED) is 0.123. The summed E-state index contributed by atoms with van der Waals surface area (Å²) in [5.41, 5.74) is 19.4. The van der Waals surface area contributed by atoms with Crippen molar-refractivity contribution in [2.75, 3.05) is 0 Å². The van der Waals surface area contributed by atoms with Crippen LogP contribution in [0.2, 0.25) is 0 Å². The molecule has 0 aliphatic heterocycles. The monoisotopic (exact) mass is 836 g/mol. The summed E-state index contributed by atoms with van der Waals surface area (Å²) in [6.45, 7) is 0. The second-order valence-corrected chi connectivity index (χ2v) is 16.5. The van der Waals surface area contributed by atoms with Crippen molar-refractivity contribution in [2.24, 2.45) is 0 Å². The minimum atomic E-state index is 0.611. The maximum absolute atomic E-state index is 6.48. The fourth-order valence-corrected chi connectivity index (χ4v) is 8.89. The van der Waals surface area contributed by atoms with Gasteiger partial charge in [0.05, 0.1) is 17.1 Å². The van der Waals surface area contributed by atoms with Crippen molar-refractivity contribution in [3.8, 4) is 67.3 Å². The molecule has 5 aromatic heterocycles. The second kappa shape index (κ2) is 17.8. The van der Waals surface area contributed by atoms with Crippen LogP contribution in [0.3, 0.4) is 0 Å². The van der Waals surface area contributed by atoms with E-state index in [1.165, 1.54) is 38.9 Å². The molecule has 0 atom stereocenters. The van der Waals surface area contributed by atoms with Gasteiger partial charge < -0.3 is 4.42 Å². The number of rotatable bonds is 12. The first-order valence-corrected chi connectivity index (χ1v) is 22.3. The molecular formula is C60H44N4O. The summed E-state index contributed by atoms with van der Waals surface area (Å²) in [5, 5.41) is 1.98. The molecular weight excluding hydrogens is 793 g/mol. The van der Waals surface area contributed by atoms with E-state index in [1.54, 1.807) is 0 Å².